The Morgan fingerprint density at radius 1 is 1.22 bits per heavy atom. The predicted molar refractivity (Wildman–Crippen MR) is 122 cm³/mol. The zero-order valence-electron chi connectivity index (χ0n) is 19.2. The zero-order valence-corrected chi connectivity index (χ0v) is 19.2. The Kier molecular flexibility index (Phi) is 6.52. The molecule has 0 spiro atoms. The van der Waals surface area contributed by atoms with Gasteiger partial charge in [0.1, 0.15) is 29.6 Å². The number of aliphatic hydroxyl groups excluding tert-OH is 2. The lowest BCUT2D eigenvalue weighted by molar-refractivity contribution is -0.149. The topological polar surface area (TPSA) is 225 Å². The summed E-state index contributed by atoms with van der Waals surface area (Å²) in [5.41, 5.74) is 5.44. The van der Waals surface area contributed by atoms with Gasteiger partial charge in [0.25, 0.3) is 5.91 Å². The highest BCUT2D eigenvalue weighted by atomic mass is 19.1. The number of hydrogen-bond donors (Lipinski definition) is 8. The van der Waals surface area contributed by atoms with Gasteiger partial charge in [0.2, 0.25) is 11.7 Å². The van der Waals surface area contributed by atoms with Crippen LogP contribution in [0.25, 0.3) is 5.76 Å². The van der Waals surface area contributed by atoms with Crippen LogP contribution in [-0.4, -0.2) is 75.2 Å². The number of primary amides is 1. The van der Waals surface area contributed by atoms with Gasteiger partial charge in [0, 0.05) is 29.7 Å². The Morgan fingerprint density at radius 3 is 2.51 bits per heavy atom. The Bertz CT molecular complexity index is 1310. The second-order valence-corrected chi connectivity index (χ2v) is 9.10. The van der Waals surface area contributed by atoms with Crippen LogP contribution >= 0.6 is 0 Å². The Hall–Kier alpha value is -3.88. The molecule has 1 saturated carbocycles. The van der Waals surface area contributed by atoms with Crippen LogP contribution in [0.5, 0.6) is 5.75 Å². The van der Waals surface area contributed by atoms with E-state index in [1.165, 1.54) is 0 Å². The molecular weight excluding hydrogens is 498 g/mol. The number of amides is 2. The van der Waals surface area contributed by atoms with Crippen LogP contribution < -0.4 is 22.1 Å². The van der Waals surface area contributed by atoms with Crippen molar-refractivity contribution in [3.8, 4) is 5.75 Å². The highest BCUT2D eigenvalue weighted by Crippen LogP contribution is 2.52. The summed E-state index contributed by atoms with van der Waals surface area (Å²) >= 11 is 0. The van der Waals surface area contributed by atoms with E-state index in [2.05, 4.69) is 10.6 Å². The molecule has 37 heavy (non-hydrogen) atoms. The van der Waals surface area contributed by atoms with E-state index in [0.29, 0.717) is 0 Å². The molecule has 0 aromatic heterocycles. The average Bonchev–Trinajstić information content (AvgIpc) is 2.82. The number of anilines is 1. The smallest absolute Gasteiger partial charge is 0.255 e. The molecule has 12 nitrogen and oxygen atoms in total. The molecule has 0 saturated heterocycles. The van der Waals surface area contributed by atoms with Gasteiger partial charge in [-0.2, -0.15) is 0 Å². The summed E-state index contributed by atoms with van der Waals surface area (Å²) in [6.07, 6.45) is -0.546. The maximum atomic E-state index is 15.1. The van der Waals surface area contributed by atoms with Crippen molar-refractivity contribution in [3.05, 3.63) is 39.9 Å². The number of nitrogens with two attached hydrogens (primary N) is 2. The molecule has 0 bridgehead atoms. The number of aromatic hydroxyl groups is 1. The number of phenolic OH excluding ortho intramolecular Hbond substituents is 1. The molecule has 0 unspecified atom stereocenters. The molecule has 2 amide bonds. The minimum atomic E-state index is -2.89. The van der Waals surface area contributed by atoms with Gasteiger partial charge >= 0.3 is 0 Å². The molecule has 10 N–H and O–H groups in total. The lowest BCUT2D eigenvalue weighted by atomic mass is 9.58. The number of rotatable bonds is 6. The second-order valence-electron chi connectivity index (χ2n) is 9.10. The van der Waals surface area contributed by atoms with E-state index in [9.17, 15) is 44.0 Å². The van der Waals surface area contributed by atoms with Crippen molar-refractivity contribution in [1.82, 2.24) is 5.32 Å². The normalized spacial score (nSPS) is 27.0. The number of phenols is 1. The number of hydrogen-bond acceptors (Lipinski definition) is 10. The van der Waals surface area contributed by atoms with Crippen molar-refractivity contribution in [2.24, 2.45) is 23.3 Å². The monoisotopic (exact) mass is 522 g/mol. The molecule has 198 valence electrons. The number of alkyl halides is 1. The molecule has 3 aliphatic rings. The largest absolute Gasteiger partial charge is 0.508 e. The van der Waals surface area contributed by atoms with Gasteiger partial charge in [0.15, 0.2) is 17.1 Å². The Balaban J connectivity index is 1.82. The number of aliphatic hydroxyl groups is 3. The van der Waals surface area contributed by atoms with Crippen LogP contribution in [0.3, 0.4) is 0 Å². The maximum absolute atomic E-state index is 15.1. The van der Waals surface area contributed by atoms with Crippen LogP contribution in [0.1, 0.15) is 17.5 Å². The first kappa shape index (κ1) is 26.2. The van der Waals surface area contributed by atoms with Crippen molar-refractivity contribution < 1.29 is 48.4 Å². The first-order valence-electron chi connectivity index (χ1n) is 11.2. The van der Waals surface area contributed by atoms with Crippen molar-refractivity contribution >= 4 is 34.8 Å². The summed E-state index contributed by atoms with van der Waals surface area (Å²) in [6.45, 7) is -1.22. The minimum absolute atomic E-state index is 0.119. The lowest BCUT2D eigenvalue weighted by Gasteiger charge is -2.48. The fraction of sp³-hybridized carbons (Fsp3) is 0.391. The van der Waals surface area contributed by atoms with Crippen molar-refractivity contribution in [1.29, 1.82) is 0 Å². The molecule has 0 radical (unpaired) electrons. The highest BCUT2D eigenvalue weighted by Gasteiger charge is 2.63. The number of fused-ring (bicyclic) bond motifs is 3. The molecule has 14 heteroatoms. The maximum Gasteiger partial charge on any atom is 0.255 e. The number of ketones is 2. The number of Topliss-reactive ketones (excluding diaryl/α,β-unsaturated/α-hetero) is 2. The quantitative estimate of drug-likeness (QED) is 0.129. The summed E-state index contributed by atoms with van der Waals surface area (Å²) in [5.74, 6) is -10.9. The van der Waals surface area contributed by atoms with Crippen molar-refractivity contribution in [2.75, 3.05) is 25.1 Å². The Morgan fingerprint density at radius 2 is 1.89 bits per heavy atom. The summed E-state index contributed by atoms with van der Waals surface area (Å²) in [5, 5.41) is 48.3. The van der Waals surface area contributed by atoms with E-state index in [4.69, 9.17) is 11.5 Å². The van der Waals surface area contributed by atoms with Gasteiger partial charge in [-0.25, -0.2) is 8.78 Å². The predicted octanol–water partition coefficient (Wildman–Crippen LogP) is -1.00. The fourth-order valence-corrected chi connectivity index (χ4v) is 5.30. The molecule has 1 aromatic rings. The molecule has 1 fully saturated rings. The number of halogens is 2. The van der Waals surface area contributed by atoms with Gasteiger partial charge in [-0.3, -0.25) is 19.2 Å². The number of nitrogens with one attached hydrogen (secondary N) is 2. The summed E-state index contributed by atoms with van der Waals surface area (Å²) in [4.78, 5) is 49.9. The summed E-state index contributed by atoms with van der Waals surface area (Å²) < 4.78 is 27.3. The summed E-state index contributed by atoms with van der Waals surface area (Å²) in [7, 11) is 0. The highest BCUT2D eigenvalue weighted by molar-refractivity contribution is 6.24. The SMILES string of the molecule is NC(=O)C1=C(O)[C@@]2(O)C(=O)C3=C(O)c4c(O)c(NC(=O)CNCCF)cc(F)c4C[C@H]3C[C@H]2[C@@H](N)C1=O. The fourth-order valence-electron chi connectivity index (χ4n) is 5.30. The van der Waals surface area contributed by atoms with Gasteiger partial charge in [-0.1, -0.05) is 0 Å². The van der Waals surface area contributed by atoms with E-state index in [1.54, 1.807) is 0 Å². The average molecular weight is 522 g/mol. The molecular formula is C23H24F2N4O8. The first-order valence-corrected chi connectivity index (χ1v) is 11.2. The second kappa shape index (κ2) is 9.21. The molecule has 4 atom stereocenters. The molecule has 4 rings (SSSR count). The third-order valence-corrected chi connectivity index (χ3v) is 7.03. The molecule has 3 aliphatic carbocycles. The minimum Gasteiger partial charge on any atom is -0.508 e. The van der Waals surface area contributed by atoms with E-state index in [0.717, 1.165) is 6.07 Å². The van der Waals surface area contributed by atoms with Gasteiger partial charge < -0.3 is 42.5 Å². The Labute approximate surface area is 207 Å². The third-order valence-electron chi connectivity index (χ3n) is 7.03. The van der Waals surface area contributed by atoms with E-state index < -0.39 is 99.0 Å². The third kappa shape index (κ3) is 3.84. The molecule has 1 aromatic carbocycles. The number of carbonyl (C=O) groups excluding carboxylic acids is 4. The van der Waals surface area contributed by atoms with Crippen LogP contribution in [0.15, 0.2) is 23.0 Å². The van der Waals surface area contributed by atoms with Crippen molar-refractivity contribution in [2.45, 2.75) is 24.5 Å². The number of benzene rings is 1. The van der Waals surface area contributed by atoms with Crippen LogP contribution in [0, 0.1) is 17.7 Å². The van der Waals surface area contributed by atoms with Crippen LogP contribution in [-0.2, 0) is 25.6 Å². The van der Waals surface area contributed by atoms with E-state index >= 15 is 4.39 Å². The number of carbonyl (C=O) groups is 4. The van der Waals surface area contributed by atoms with Crippen molar-refractivity contribution in [3.63, 3.8) is 0 Å². The van der Waals surface area contributed by atoms with Gasteiger partial charge in [-0.05, 0) is 18.8 Å². The van der Waals surface area contributed by atoms with Gasteiger partial charge in [-0.15, -0.1) is 0 Å². The lowest BCUT2D eigenvalue weighted by Crippen LogP contribution is -2.65. The first-order chi connectivity index (χ1) is 17.4. The molecule has 0 aliphatic heterocycles. The van der Waals surface area contributed by atoms with E-state index in [-0.39, 0.29) is 31.5 Å². The standard InChI is InChI=1S/C23H24F2N4O8/c24-1-2-28-6-12(30)29-11-5-10(25)8-3-7-4-9-16(26)19(33)15(22(27)36)21(35)23(9,37)20(34)13(7)18(32)14(8)17(11)31/h5,7,9,16,28,31-32,35,37H,1-4,6,26H2,(H2,27,36)(H,29,30)/t7-,9-,16+,23-/m0/s1. The van der Waals surface area contributed by atoms with Crippen LogP contribution in [0.2, 0.25) is 0 Å². The zero-order chi connectivity index (χ0) is 27.4. The van der Waals surface area contributed by atoms with Crippen LogP contribution in [0.4, 0.5) is 14.5 Å². The molecule has 0 heterocycles. The summed E-state index contributed by atoms with van der Waals surface area (Å²) in [6, 6.07) is -0.802. The van der Waals surface area contributed by atoms with Gasteiger partial charge in [0.05, 0.1) is 23.8 Å². The van der Waals surface area contributed by atoms with E-state index in [1.807, 2.05) is 0 Å².